The number of carbonyl (C=O) groups is 1. The molecule has 1 aliphatic heterocycles. The minimum Gasteiger partial charge on any atom is -0.320 e. The molecule has 0 saturated heterocycles. The van der Waals surface area contributed by atoms with Crippen molar-refractivity contribution in [2.45, 2.75) is 27.2 Å². The first-order chi connectivity index (χ1) is 13.3. The van der Waals surface area contributed by atoms with Gasteiger partial charge in [0.2, 0.25) is 10.0 Å². The first-order valence-electron chi connectivity index (χ1n) is 9.05. The van der Waals surface area contributed by atoms with Crippen molar-refractivity contribution in [3.63, 3.8) is 0 Å². The summed E-state index contributed by atoms with van der Waals surface area (Å²) in [4.78, 5) is 25.6. The summed E-state index contributed by atoms with van der Waals surface area (Å²) in [6.07, 6.45) is 5.62. The minimum absolute atomic E-state index is 0.0826. The van der Waals surface area contributed by atoms with Crippen LogP contribution in [0.2, 0.25) is 0 Å². The second-order valence-electron chi connectivity index (χ2n) is 6.57. The molecule has 0 aliphatic carbocycles. The Morgan fingerprint density at radius 2 is 2.07 bits per heavy atom. The number of hydrogen-bond donors (Lipinski definition) is 1. The molecule has 148 valence electrons. The van der Waals surface area contributed by atoms with E-state index in [1.54, 1.807) is 38.4 Å². The zero-order chi connectivity index (χ0) is 20.3. The molecule has 28 heavy (non-hydrogen) atoms. The lowest BCUT2D eigenvalue weighted by Gasteiger charge is -2.25. The Kier molecular flexibility index (Phi) is 5.85. The quantitative estimate of drug-likeness (QED) is 0.823. The molecular weight excluding hydrogens is 378 g/mol. The number of hydrogen-bond acceptors (Lipinski definition) is 6. The van der Waals surface area contributed by atoms with Crippen LogP contribution in [-0.4, -0.2) is 52.4 Å². The molecule has 8 nitrogen and oxygen atoms in total. The van der Waals surface area contributed by atoms with Crippen molar-refractivity contribution in [2.75, 3.05) is 24.2 Å². The number of nitrogens with zero attached hydrogens (tertiary/aromatic N) is 4. The number of aromatic nitrogens is 3. The fourth-order valence-electron chi connectivity index (χ4n) is 2.95. The maximum absolute atomic E-state index is 12.7. The van der Waals surface area contributed by atoms with Crippen LogP contribution in [0, 0.1) is 13.8 Å². The van der Waals surface area contributed by atoms with Gasteiger partial charge in [-0.2, -0.15) is 4.31 Å². The molecule has 0 bridgehead atoms. The lowest BCUT2D eigenvalue weighted by atomic mass is 10.1. The average Bonchev–Trinajstić information content (AvgIpc) is 2.68. The van der Waals surface area contributed by atoms with Gasteiger partial charge >= 0.3 is 0 Å². The summed E-state index contributed by atoms with van der Waals surface area (Å²) in [5.41, 5.74) is 3.70. The minimum atomic E-state index is -3.21. The van der Waals surface area contributed by atoms with E-state index in [0.717, 1.165) is 11.3 Å². The van der Waals surface area contributed by atoms with Crippen LogP contribution in [0.5, 0.6) is 0 Å². The van der Waals surface area contributed by atoms with Crippen molar-refractivity contribution in [2.24, 2.45) is 0 Å². The van der Waals surface area contributed by atoms with Crippen LogP contribution in [0.25, 0.3) is 5.57 Å². The highest BCUT2D eigenvalue weighted by molar-refractivity contribution is 7.89. The zero-order valence-electron chi connectivity index (χ0n) is 16.1. The van der Waals surface area contributed by atoms with Crippen LogP contribution in [0.4, 0.5) is 5.69 Å². The Hall–Kier alpha value is -2.65. The molecule has 0 unspecified atom stereocenters. The normalized spacial score (nSPS) is 15.2. The second kappa shape index (κ2) is 8.15. The number of carbonyl (C=O) groups excluding carboxylic acids is 1. The lowest BCUT2D eigenvalue weighted by Crippen LogP contribution is -2.35. The zero-order valence-corrected chi connectivity index (χ0v) is 17.0. The van der Waals surface area contributed by atoms with Crippen molar-refractivity contribution in [1.29, 1.82) is 0 Å². The van der Waals surface area contributed by atoms with Gasteiger partial charge in [0.1, 0.15) is 5.69 Å². The molecule has 0 atom stereocenters. The molecule has 0 spiro atoms. The van der Waals surface area contributed by atoms with E-state index in [0.29, 0.717) is 36.6 Å². The van der Waals surface area contributed by atoms with Gasteiger partial charge in [-0.3, -0.25) is 14.8 Å². The van der Waals surface area contributed by atoms with Crippen LogP contribution in [-0.2, 0) is 10.0 Å². The summed E-state index contributed by atoms with van der Waals surface area (Å²) in [6, 6.07) is 3.49. The largest absolute Gasteiger partial charge is 0.320 e. The van der Waals surface area contributed by atoms with E-state index in [9.17, 15) is 13.2 Å². The van der Waals surface area contributed by atoms with Gasteiger partial charge in [-0.05, 0) is 44.9 Å². The standard InChI is InChI=1S/C19H23N5O3S/c1-4-28(26,27)24-9-6-15(7-10-24)17-12-21-14(3)18(23-17)19(25)22-16-5-8-20-13(2)11-16/h5-6,8,11-12H,4,7,9-10H2,1-3H3,(H,20,22,25). The van der Waals surface area contributed by atoms with Gasteiger partial charge in [0, 0.05) is 30.7 Å². The predicted molar refractivity (Wildman–Crippen MR) is 107 cm³/mol. The van der Waals surface area contributed by atoms with Crippen molar-refractivity contribution < 1.29 is 13.2 Å². The Bertz CT molecular complexity index is 1030. The number of pyridine rings is 1. The van der Waals surface area contributed by atoms with Crippen molar-refractivity contribution in [3.05, 3.63) is 53.4 Å². The van der Waals surface area contributed by atoms with Gasteiger partial charge in [0.25, 0.3) is 5.91 Å². The van der Waals surface area contributed by atoms with Gasteiger partial charge < -0.3 is 5.32 Å². The number of rotatable bonds is 5. The van der Waals surface area contributed by atoms with Gasteiger partial charge in [-0.1, -0.05) is 6.08 Å². The first kappa shape index (κ1) is 20.1. The molecule has 1 N–H and O–H groups in total. The van der Waals surface area contributed by atoms with Crippen LogP contribution in [0.3, 0.4) is 0 Å². The highest BCUT2D eigenvalue weighted by atomic mass is 32.2. The van der Waals surface area contributed by atoms with Gasteiger partial charge in [-0.25, -0.2) is 13.4 Å². The molecule has 2 aromatic heterocycles. The third-order valence-corrected chi connectivity index (χ3v) is 6.43. The lowest BCUT2D eigenvalue weighted by molar-refractivity contribution is 0.102. The number of nitrogens with one attached hydrogen (secondary N) is 1. The van der Waals surface area contributed by atoms with Crippen LogP contribution >= 0.6 is 0 Å². The molecule has 9 heteroatoms. The third-order valence-electron chi connectivity index (χ3n) is 4.58. The van der Waals surface area contributed by atoms with Gasteiger partial charge in [0.05, 0.1) is 23.3 Å². The molecule has 3 heterocycles. The fraction of sp³-hybridized carbons (Fsp3) is 0.368. The van der Waals surface area contributed by atoms with Crippen LogP contribution in [0.15, 0.2) is 30.6 Å². The molecular formula is C19H23N5O3S. The fourth-order valence-corrected chi connectivity index (χ4v) is 3.99. The molecule has 3 rings (SSSR count). The maximum Gasteiger partial charge on any atom is 0.276 e. The predicted octanol–water partition coefficient (Wildman–Crippen LogP) is 2.18. The smallest absolute Gasteiger partial charge is 0.276 e. The Morgan fingerprint density at radius 1 is 1.29 bits per heavy atom. The van der Waals surface area contributed by atoms with Crippen LogP contribution in [0.1, 0.15) is 40.9 Å². The summed E-state index contributed by atoms with van der Waals surface area (Å²) in [7, 11) is -3.21. The molecule has 0 aromatic carbocycles. The molecule has 0 radical (unpaired) electrons. The van der Waals surface area contributed by atoms with E-state index < -0.39 is 10.0 Å². The SMILES string of the molecule is CCS(=O)(=O)N1CC=C(c2cnc(C)c(C(=O)Nc3ccnc(C)c3)n2)CC1. The molecule has 0 saturated carbocycles. The number of aryl methyl sites for hydroxylation is 2. The van der Waals surface area contributed by atoms with Crippen molar-refractivity contribution in [1.82, 2.24) is 19.3 Å². The number of sulfonamides is 1. The Balaban J connectivity index is 1.81. The van der Waals surface area contributed by atoms with E-state index in [1.165, 1.54) is 4.31 Å². The van der Waals surface area contributed by atoms with Gasteiger partial charge in [0.15, 0.2) is 0 Å². The first-order valence-corrected chi connectivity index (χ1v) is 10.7. The third kappa shape index (κ3) is 4.42. The molecule has 0 fully saturated rings. The topological polar surface area (TPSA) is 105 Å². The summed E-state index contributed by atoms with van der Waals surface area (Å²) in [5, 5.41) is 2.82. The van der Waals surface area contributed by atoms with E-state index >= 15 is 0 Å². The van der Waals surface area contributed by atoms with Crippen molar-refractivity contribution >= 4 is 27.2 Å². The molecule has 2 aromatic rings. The summed E-state index contributed by atoms with van der Waals surface area (Å²) in [6.45, 7) is 5.91. The monoisotopic (exact) mass is 401 g/mol. The summed E-state index contributed by atoms with van der Waals surface area (Å²) < 4.78 is 25.4. The second-order valence-corrected chi connectivity index (χ2v) is 8.82. The maximum atomic E-state index is 12.7. The van der Waals surface area contributed by atoms with Gasteiger partial charge in [-0.15, -0.1) is 0 Å². The van der Waals surface area contributed by atoms with E-state index in [2.05, 4.69) is 20.3 Å². The Labute approximate surface area is 164 Å². The van der Waals surface area contributed by atoms with E-state index in [-0.39, 0.29) is 17.4 Å². The van der Waals surface area contributed by atoms with Crippen LogP contribution < -0.4 is 5.32 Å². The molecule has 1 amide bonds. The summed E-state index contributed by atoms with van der Waals surface area (Å²) >= 11 is 0. The average molecular weight is 401 g/mol. The highest BCUT2D eigenvalue weighted by Crippen LogP contribution is 2.23. The number of anilines is 1. The Morgan fingerprint density at radius 3 is 2.71 bits per heavy atom. The van der Waals surface area contributed by atoms with E-state index in [4.69, 9.17) is 0 Å². The number of amides is 1. The highest BCUT2D eigenvalue weighted by Gasteiger charge is 2.24. The molecule has 1 aliphatic rings. The summed E-state index contributed by atoms with van der Waals surface area (Å²) in [5.74, 6) is -0.261. The van der Waals surface area contributed by atoms with Crippen molar-refractivity contribution in [3.8, 4) is 0 Å². The van der Waals surface area contributed by atoms with E-state index in [1.807, 2.05) is 13.0 Å².